The van der Waals surface area contributed by atoms with Gasteiger partial charge in [-0.2, -0.15) is 0 Å². The molecule has 0 spiro atoms. The van der Waals surface area contributed by atoms with Gasteiger partial charge in [-0.15, -0.1) is 0 Å². The van der Waals surface area contributed by atoms with E-state index in [4.69, 9.17) is 4.42 Å². The first kappa shape index (κ1) is 19.3. The van der Waals surface area contributed by atoms with Gasteiger partial charge in [0.05, 0.1) is 12.2 Å². The topological polar surface area (TPSA) is 80.0 Å². The maximum Gasteiger partial charge on any atom is 0.251 e. The normalized spacial score (nSPS) is 10.6. The molecule has 0 saturated carbocycles. The first-order chi connectivity index (χ1) is 14.6. The highest BCUT2D eigenvalue weighted by Gasteiger charge is 2.08. The summed E-state index contributed by atoms with van der Waals surface area (Å²) in [5.41, 5.74) is 2.57. The number of anilines is 2. The molecule has 0 saturated heterocycles. The molecule has 30 heavy (non-hydrogen) atoms. The molecule has 0 radical (unpaired) electrons. The quantitative estimate of drug-likeness (QED) is 0.482. The van der Waals surface area contributed by atoms with Crippen molar-refractivity contribution >= 4 is 17.4 Å². The SMILES string of the molecule is Cc1ccc(CNC(=O)c2ccc(Nc3cc(-c4cccc(F)c4)ncn3)cc2)o1. The summed E-state index contributed by atoms with van der Waals surface area (Å²) in [4.78, 5) is 20.7. The summed E-state index contributed by atoms with van der Waals surface area (Å²) in [6, 6.07) is 18.7. The van der Waals surface area contributed by atoms with E-state index in [1.54, 1.807) is 42.5 Å². The second-order valence-corrected chi connectivity index (χ2v) is 6.70. The summed E-state index contributed by atoms with van der Waals surface area (Å²) >= 11 is 0. The summed E-state index contributed by atoms with van der Waals surface area (Å²) in [5.74, 6) is 1.56. The zero-order chi connectivity index (χ0) is 20.9. The smallest absolute Gasteiger partial charge is 0.251 e. The molecule has 150 valence electrons. The Balaban J connectivity index is 1.41. The van der Waals surface area contributed by atoms with Crippen molar-refractivity contribution in [3.8, 4) is 11.3 Å². The predicted molar refractivity (Wildman–Crippen MR) is 112 cm³/mol. The van der Waals surface area contributed by atoms with E-state index < -0.39 is 0 Å². The number of carbonyl (C=O) groups is 1. The van der Waals surface area contributed by atoms with Crippen LogP contribution in [0.2, 0.25) is 0 Å². The van der Waals surface area contributed by atoms with Crippen molar-refractivity contribution in [2.75, 3.05) is 5.32 Å². The lowest BCUT2D eigenvalue weighted by Gasteiger charge is -2.08. The zero-order valence-corrected chi connectivity index (χ0v) is 16.2. The summed E-state index contributed by atoms with van der Waals surface area (Å²) in [6.45, 7) is 2.19. The molecule has 2 aromatic carbocycles. The van der Waals surface area contributed by atoms with Crippen molar-refractivity contribution in [3.05, 3.63) is 96.0 Å². The van der Waals surface area contributed by atoms with Crippen LogP contribution in [-0.2, 0) is 6.54 Å². The Morgan fingerprint density at radius 1 is 1.03 bits per heavy atom. The van der Waals surface area contributed by atoms with Crippen LogP contribution in [0.3, 0.4) is 0 Å². The van der Waals surface area contributed by atoms with Gasteiger partial charge in [0.15, 0.2) is 0 Å². The van der Waals surface area contributed by atoms with Crippen LogP contribution < -0.4 is 10.6 Å². The number of furan rings is 1. The number of aryl methyl sites for hydroxylation is 1. The number of rotatable bonds is 6. The van der Waals surface area contributed by atoms with Crippen LogP contribution in [0.1, 0.15) is 21.9 Å². The molecule has 4 aromatic rings. The second-order valence-electron chi connectivity index (χ2n) is 6.70. The van der Waals surface area contributed by atoms with Crippen molar-refractivity contribution in [2.45, 2.75) is 13.5 Å². The van der Waals surface area contributed by atoms with Gasteiger partial charge in [-0.3, -0.25) is 4.79 Å². The number of benzene rings is 2. The van der Waals surface area contributed by atoms with Gasteiger partial charge in [0.25, 0.3) is 5.91 Å². The third-order valence-corrected chi connectivity index (χ3v) is 4.43. The Morgan fingerprint density at radius 3 is 2.60 bits per heavy atom. The van der Waals surface area contributed by atoms with E-state index in [0.717, 1.165) is 11.4 Å². The first-order valence-corrected chi connectivity index (χ1v) is 9.35. The van der Waals surface area contributed by atoms with Gasteiger partial charge in [0, 0.05) is 22.9 Å². The Kier molecular flexibility index (Phi) is 5.52. The maximum absolute atomic E-state index is 13.5. The van der Waals surface area contributed by atoms with Gasteiger partial charge in [0.1, 0.15) is 29.5 Å². The van der Waals surface area contributed by atoms with Crippen LogP contribution in [0, 0.1) is 12.7 Å². The molecule has 0 fully saturated rings. The van der Waals surface area contributed by atoms with E-state index >= 15 is 0 Å². The minimum absolute atomic E-state index is 0.189. The Bertz CT molecular complexity index is 1170. The summed E-state index contributed by atoms with van der Waals surface area (Å²) < 4.78 is 18.9. The minimum Gasteiger partial charge on any atom is -0.465 e. The molecule has 2 N–H and O–H groups in total. The largest absolute Gasteiger partial charge is 0.465 e. The van der Waals surface area contributed by atoms with Crippen LogP contribution in [-0.4, -0.2) is 15.9 Å². The summed E-state index contributed by atoms with van der Waals surface area (Å²) in [5, 5.41) is 5.99. The molecule has 0 aliphatic rings. The molecule has 6 nitrogen and oxygen atoms in total. The van der Waals surface area contributed by atoms with E-state index in [1.807, 2.05) is 19.1 Å². The molecular weight excluding hydrogens is 383 g/mol. The Labute approximate surface area is 172 Å². The molecule has 2 aromatic heterocycles. The lowest BCUT2D eigenvalue weighted by atomic mass is 10.1. The van der Waals surface area contributed by atoms with E-state index in [9.17, 15) is 9.18 Å². The van der Waals surface area contributed by atoms with Crippen molar-refractivity contribution in [2.24, 2.45) is 0 Å². The van der Waals surface area contributed by atoms with Crippen molar-refractivity contribution in [3.63, 3.8) is 0 Å². The van der Waals surface area contributed by atoms with Gasteiger partial charge in [0.2, 0.25) is 0 Å². The molecule has 0 unspecified atom stereocenters. The molecular formula is C23H19FN4O2. The minimum atomic E-state index is -0.323. The van der Waals surface area contributed by atoms with Crippen molar-refractivity contribution < 1.29 is 13.6 Å². The first-order valence-electron chi connectivity index (χ1n) is 9.35. The van der Waals surface area contributed by atoms with Gasteiger partial charge in [-0.1, -0.05) is 12.1 Å². The van der Waals surface area contributed by atoms with Gasteiger partial charge >= 0.3 is 0 Å². The average molecular weight is 402 g/mol. The Hall–Kier alpha value is -4.00. The van der Waals surface area contributed by atoms with Crippen LogP contribution in [0.5, 0.6) is 0 Å². The lowest BCUT2D eigenvalue weighted by Crippen LogP contribution is -2.22. The fourth-order valence-corrected chi connectivity index (χ4v) is 2.93. The van der Waals surface area contributed by atoms with E-state index in [1.165, 1.54) is 18.5 Å². The van der Waals surface area contributed by atoms with Crippen molar-refractivity contribution in [1.29, 1.82) is 0 Å². The molecule has 2 heterocycles. The van der Waals surface area contributed by atoms with Crippen LogP contribution in [0.4, 0.5) is 15.9 Å². The highest BCUT2D eigenvalue weighted by molar-refractivity contribution is 5.94. The number of hydrogen-bond acceptors (Lipinski definition) is 5. The third kappa shape index (κ3) is 4.70. The number of amides is 1. The molecule has 7 heteroatoms. The van der Waals surface area contributed by atoms with Gasteiger partial charge in [-0.05, 0) is 55.5 Å². The molecule has 4 rings (SSSR count). The number of halogens is 1. The van der Waals surface area contributed by atoms with Crippen LogP contribution in [0.15, 0.2) is 77.5 Å². The standard InChI is InChI=1S/C23H19FN4O2/c1-15-5-10-20(30-15)13-25-23(29)16-6-8-19(9-7-16)28-22-12-21(26-14-27-22)17-3-2-4-18(24)11-17/h2-12,14H,13H2,1H3,(H,25,29)(H,26,27,28). The van der Waals surface area contributed by atoms with Crippen molar-refractivity contribution in [1.82, 2.24) is 15.3 Å². The van der Waals surface area contributed by atoms with Gasteiger partial charge < -0.3 is 15.1 Å². The summed E-state index contributed by atoms with van der Waals surface area (Å²) in [7, 11) is 0. The van der Waals surface area contributed by atoms with E-state index in [-0.39, 0.29) is 11.7 Å². The second kappa shape index (κ2) is 8.57. The fraction of sp³-hybridized carbons (Fsp3) is 0.0870. The predicted octanol–water partition coefficient (Wildman–Crippen LogP) is 4.86. The molecule has 1 amide bonds. The van der Waals surface area contributed by atoms with E-state index in [2.05, 4.69) is 20.6 Å². The number of nitrogens with one attached hydrogen (secondary N) is 2. The molecule has 0 bridgehead atoms. The molecule has 0 aliphatic carbocycles. The summed E-state index contributed by atoms with van der Waals surface area (Å²) in [6.07, 6.45) is 1.42. The number of aromatic nitrogens is 2. The highest BCUT2D eigenvalue weighted by atomic mass is 19.1. The fourth-order valence-electron chi connectivity index (χ4n) is 2.93. The third-order valence-electron chi connectivity index (χ3n) is 4.43. The monoisotopic (exact) mass is 402 g/mol. The zero-order valence-electron chi connectivity index (χ0n) is 16.2. The number of hydrogen-bond donors (Lipinski definition) is 2. The average Bonchev–Trinajstić information content (AvgIpc) is 3.18. The van der Waals surface area contributed by atoms with Gasteiger partial charge in [-0.25, -0.2) is 14.4 Å². The maximum atomic E-state index is 13.5. The van der Waals surface area contributed by atoms with Crippen LogP contribution >= 0.6 is 0 Å². The lowest BCUT2D eigenvalue weighted by molar-refractivity contribution is 0.0948. The van der Waals surface area contributed by atoms with Crippen LogP contribution in [0.25, 0.3) is 11.3 Å². The number of carbonyl (C=O) groups excluding carboxylic acids is 1. The number of nitrogens with zero attached hydrogens (tertiary/aromatic N) is 2. The Morgan fingerprint density at radius 2 is 1.87 bits per heavy atom. The molecule has 0 atom stereocenters. The highest BCUT2D eigenvalue weighted by Crippen LogP contribution is 2.22. The molecule has 0 aliphatic heterocycles. The van der Waals surface area contributed by atoms with E-state index in [0.29, 0.717) is 34.9 Å².